The first-order valence-corrected chi connectivity index (χ1v) is 9.71. The van der Waals surface area contributed by atoms with Gasteiger partial charge in [-0.3, -0.25) is 9.80 Å². The number of carboxylic acids is 2. The Kier molecular flexibility index (Phi) is 9.40. The van der Waals surface area contributed by atoms with Crippen LogP contribution in [0.3, 0.4) is 0 Å². The second kappa shape index (κ2) is 10.7. The normalized spacial score (nSPS) is 24.6. The lowest BCUT2D eigenvalue weighted by atomic mass is 10.1. The quantitative estimate of drug-likeness (QED) is 0.639. The number of rotatable bonds is 4. The number of hydrogen-bond donors (Lipinski definition) is 2. The summed E-state index contributed by atoms with van der Waals surface area (Å²) in [6, 6.07) is 1.82. The van der Waals surface area contributed by atoms with Crippen molar-refractivity contribution in [1.82, 2.24) is 9.80 Å². The van der Waals surface area contributed by atoms with E-state index in [9.17, 15) is 26.3 Å². The summed E-state index contributed by atoms with van der Waals surface area (Å²) in [7, 11) is 0. The summed E-state index contributed by atoms with van der Waals surface area (Å²) in [5.74, 6) is -3.62. The molecule has 0 amide bonds. The van der Waals surface area contributed by atoms with Gasteiger partial charge in [0.05, 0.1) is 0 Å². The predicted octanol–water partition coefficient (Wildman–Crippen LogP) is 3.47. The van der Waals surface area contributed by atoms with E-state index in [0.717, 1.165) is 23.9 Å². The Morgan fingerprint density at radius 3 is 1.53 bits per heavy atom. The van der Waals surface area contributed by atoms with Crippen molar-refractivity contribution in [2.75, 3.05) is 26.2 Å². The van der Waals surface area contributed by atoms with Crippen LogP contribution in [-0.4, -0.2) is 82.6 Å². The topological polar surface area (TPSA) is 81.1 Å². The molecule has 0 radical (unpaired) electrons. The zero-order valence-electron chi connectivity index (χ0n) is 16.8. The van der Waals surface area contributed by atoms with E-state index in [1.165, 1.54) is 51.9 Å². The highest BCUT2D eigenvalue weighted by molar-refractivity contribution is 5.73. The van der Waals surface area contributed by atoms with E-state index < -0.39 is 24.3 Å². The van der Waals surface area contributed by atoms with Crippen LogP contribution in [0.15, 0.2) is 0 Å². The molecule has 3 rings (SSSR count). The molecule has 30 heavy (non-hydrogen) atoms. The number of carboxylic acid groups (broad SMARTS) is 2. The monoisotopic (exact) mass is 450 g/mol. The van der Waals surface area contributed by atoms with Crippen molar-refractivity contribution in [2.24, 2.45) is 11.8 Å². The molecule has 3 fully saturated rings. The molecule has 0 bridgehead atoms. The first-order valence-electron chi connectivity index (χ1n) is 9.71. The van der Waals surface area contributed by atoms with E-state index in [4.69, 9.17) is 19.8 Å². The summed E-state index contributed by atoms with van der Waals surface area (Å²) in [4.78, 5) is 23.4. The maximum absolute atomic E-state index is 10.6. The lowest BCUT2D eigenvalue weighted by molar-refractivity contribution is -0.193. The summed E-state index contributed by atoms with van der Waals surface area (Å²) in [5, 5.41) is 14.2. The van der Waals surface area contributed by atoms with Gasteiger partial charge in [-0.25, -0.2) is 9.59 Å². The first kappa shape index (κ1) is 26.5. The van der Waals surface area contributed by atoms with Gasteiger partial charge in [0.1, 0.15) is 0 Å². The lowest BCUT2D eigenvalue weighted by Crippen LogP contribution is -2.38. The smallest absolute Gasteiger partial charge is 0.475 e. The molecular formula is C18H28F6N2O4. The Morgan fingerprint density at radius 2 is 1.20 bits per heavy atom. The summed E-state index contributed by atoms with van der Waals surface area (Å²) in [6.07, 6.45) is -4.29. The molecule has 2 atom stereocenters. The van der Waals surface area contributed by atoms with E-state index in [-0.39, 0.29) is 0 Å². The maximum atomic E-state index is 10.6. The van der Waals surface area contributed by atoms with Gasteiger partial charge in [-0.05, 0) is 37.5 Å². The number of alkyl halides is 6. The highest BCUT2D eigenvalue weighted by atomic mass is 19.4. The molecule has 2 aliphatic heterocycles. The minimum absolute atomic E-state index is 0.830. The number of aliphatic carboxylic acids is 2. The van der Waals surface area contributed by atoms with Gasteiger partial charge in [0, 0.05) is 38.3 Å². The minimum atomic E-state index is -5.08. The van der Waals surface area contributed by atoms with Gasteiger partial charge in [-0.1, -0.05) is 13.8 Å². The van der Waals surface area contributed by atoms with Gasteiger partial charge in [0.2, 0.25) is 0 Å². The molecule has 1 saturated carbocycles. The van der Waals surface area contributed by atoms with Crippen LogP contribution < -0.4 is 0 Å². The van der Waals surface area contributed by atoms with E-state index >= 15 is 0 Å². The number of hydrogen-bond acceptors (Lipinski definition) is 4. The van der Waals surface area contributed by atoms with Gasteiger partial charge >= 0.3 is 24.3 Å². The summed E-state index contributed by atoms with van der Waals surface area (Å²) in [5.41, 5.74) is 0. The van der Waals surface area contributed by atoms with Crippen molar-refractivity contribution < 1.29 is 46.1 Å². The number of carbonyl (C=O) groups is 2. The van der Waals surface area contributed by atoms with Crippen molar-refractivity contribution in [3.63, 3.8) is 0 Å². The zero-order valence-corrected chi connectivity index (χ0v) is 16.8. The van der Waals surface area contributed by atoms with Crippen molar-refractivity contribution in [3.8, 4) is 0 Å². The minimum Gasteiger partial charge on any atom is -0.475 e. The Hall–Kier alpha value is -1.56. The molecule has 1 aliphatic carbocycles. The van der Waals surface area contributed by atoms with Crippen LogP contribution in [-0.2, 0) is 9.59 Å². The van der Waals surface area contributed by atoms with Crippen LogP contribution in [0.4, 0.5) is 26.3 Å². The highest BCUT2D eigenvalue weighted by Gasteiger charge is 2.43. The third kappa shape index (κ3) is 9.07. The van der Waals surface area contributed by atoms with Gasteiger partial charge in [-0.2, -0.15) is 26.3 Å². The van der Waals surface area contributed by atoms with Crippen LogP contribution in [0.2, 0.25) is 0 Å². The van der Waals surface area contributed by atoms with Crippen molar-refractivity contribution in [3.05, 3.63) is 0 Å². The molecule has 2 heterocycles. The first-order chi connectivity index (χ1) is 13.6. The molecule has 12 heteroatoms. The van der Waals surface area contributed by atoms with Crippen LogP contribution in [0.5, 0.6) is 0 Å². The molecule has 2 saturated heterocycles. The fraction of sp³-hybridized carbons (Fsp3) is 0.889. The zero-order chi connectivity index (χ0) is 23.3. The average Bonchev–Trinajstić information content (AvgIpc) is 3.17. The van der Waals surface area contributed by atoms with Gasteiger partial charge in [0.15, 0.2) is 0 Å². The standard InChI is InChI=1S/C14H26N2.2C2HF3O2/c1-11(2)9-15-7-5-14-13(15)6-8-16(14)10-12-3-4-12;2*3-2(4,5)1(6)7/h11-14H,3-10H2,1-2H3;2*(H,6,7)/t13-,14+;;/m0../s1. The summed E-state index contributed by atoms with van der Waals surface area (Å²) in [6.45, 7) is 10.2. The largest absolute Gasteiger partial charge is 0.490 e. The predicted molar refractivity (Wildman–Crippen MR) is 94.9 cm³/mol. The maximum Gasteiger partial charge on any atom is 0.490 e. The SMILES string of the molecule is CC(C)CN1CC[C@@H]2[C@@H]1CCN2CC1CC1.O=C(O)C(F)(F)F.O=C(O)C(F)(F)F. The van der Waals surface area contributed by atoms with Crippen LogP contribution in [0.1, 0.15) is 39.5 Å². The molecule has 176 valence electrons. The Morgan fingerprint density at radius 1 is 0.833 bits per heavy atom. The van der Waals surface area contributed by atoms with E-state index in [0.29, 0.717) is 0 Å². The van der Waals surface area contributed by atoms with Gasteiger partial charge < -0.3 is 10.2 Å². The van der Waals surface area contributed by atoms with Crippen LogP contribution >= 0.6 is 0 Å². The van der Waals surface area contributed by atoms with Gasteiger partial charge in [0.25, 0.3) is 0 Å². The molecule has 0 aromatic rings. The highest BCUT2D eigenvalue weighted by Crippen LogP contribution is 2.36. The van der Waals surface area contributed by atoms with Crippen molar-refractivity contribution in [1.29, 1.82) is 0 Å². The van der Waals surface area contributed by atoms with Crippen molar-refractivity contribution >= 4 is 11.9 Å². The number of halogens is 6. The molecular weight excluding hydrogens is 422 g/mol. The second-order valence-corrected chi connectivity index (χ2v) is 8.14. The Bertz CT molecular complexity index is 536. The number of nitrogens with zero attached hydrogens (tertiary/aromatic N) is 2. The lowest BCUT2D eigenvalue weighted by Gasteiger charge is -2.26. The molecule has 0 aromatic heterocycles. The summed E-state index contributed by atoms with van der Waals surface area (Å²) >= 11 is 0. The third-order valence-electron chi connectivity index (χ3n) is 5.08. The van der Waals surface area contributed by atoms with Crippen molar-refractivity contribution in [2.45, 2.75) is 64.0 Å². The Balaban J connectivity index is 0.000000271. The molecule has 0 unspecified atom stereocenters. The summed E-state index contributed by atoms with van der Waals surface area (Å²) < 4.78 is 63.5. The number of fused-ring (bicyclic) bond motifs is 1. The molecule has 2 N–H and O–H groups in total. The third-order valence-corrected chi connectivity index (χ3v) is 5.08. The van der Waals surface area contributed by atoms with E-state index in [1.807, 2.05) is 0 Å². The number of likely N-dealkylation sites (tertiary alicyclic amines) is 2. The molecule has 0 spiro atoms. The molecule has 3 aliphatic rings. The van der Waals surface area contributed by atoms with Crippen LogP contribution in [0.25, 0.3) is 0 Å². The average molecular weight is 450 g/mol. The second-order valence-electron chi connectivity index (χ2n) is 8.14. The van der Waals surface area contributed by atoms with Gasteiger partial charge in [-0.15, -0.1) is 0 Å². The fourth-order valence-electron chi connectivity index (χ4n) is 3.72. The van der Waals surface area contributed by atoms with Crippen LogP contribution in [0, 0.1) is 11.8 Å². The fourth-order valence-corrected chi connectivity index (χ4v) is 3.72. The molecule has 0 aromatic carbocycles. The molecule has 6 nitrogen and oxygen atoms in total. The van der Waals surface area contributed by atoms with E-state index in [1.54, 1.807) is 0 Å². The Labute approximate surface area is 170 Å². The van der Waals surface area contributed by atoms with E-state index in [2.05, 4.69) is 23.6 Å².